The van der Waals surface area contributed by atoms with Gasteiger partial charge in [0.1, 0.15) is 11.4 Å². The van der Waals surface area contributed by atoms with Crippen LogP contribution in [-0.2, 0) is 12.7 Å². The van der Waals surface area contributed by atoms with E-state index in [2.05, 4.69) is 22.1 Å². The van der Waals surface area contributed by atoms with Crippen LogP contribution < -0.4 is 5.32 Å². The molecule has 1 N–H and O–H groups in total. The summed E-state index contributed by atoms with van der Waals surface area (Å²) >= 11 is 6.28. The smallest absolute Gasteiger partial charge is 0.350 e. The van der Waals surface area contributed by atoms with Crippen molar-refractivity contribution in [3.05, 3.63) is 52.1 Å². The van der Waals surface area contributed by atoms with E-state index < -0.39 is 23.3 Å². The zero-order valence-corrected chi connectivity index (χ0v) is 19.3. The molecule has 33 heavy (non-hydrogen) atoms. The van der Waals surface area contributed by atoms with Crippen molar-refractivity contribution in [2.24, 2.45) is 5.92 Å². The second-order valence-corrected chi connectivity index (χ2v) is 9.13. The molecule has 1 aromatic heterocycles. The van der Waals surface area contributed by atoms with Gasteiger partial charge in [-0.15, -0.1) is 0 Å². The number of aromatic nitrogens is 2. The predicted octanol–water partition coefficient (Wildman–Crippen LogP) is 6.01. The van der Waals surface area contributed by atoms with Gasteiger partial charge in [-0.05, 0) is 67.8 Å². The van der Waals surface area contributed by atoms with Crippen LogP contribution in [-0.4, -0.2) is 27.7 Å². The van der Waals surface area contributed by atoms with Crippen LogP contribution in [0.4, 0.5) is 17.6 Å². The molecule has 1 fully saturated rings. The Morgan fingerprint density at radius 3 is 2.36 bits per heavy atom. The highest BCUT2D eigenvalue weighted by Crippen LogP contribution is 2.29. The Hall–Kier alpha value is -2.53. The van der Waals surface area contributed by atoms with Crippen molar-refractivity contribution in [1.29, 1.82) is 0 Å². The van der Waals surface area contributed by atoms with E-state index in [0.717, 1.165) is 37.8 Å². The fourth-order valence-electron chi connectivity index (χ4n) is 3.79. The van der Waals surface area contributed by atoms with E-state index in [9.17, 15) is 22.4 Å². The molecule has 178 valence electrons. The number of amides is 1. The summed E-state index contributed by atoms with van der Waals surface area (Å²) in [5.74, 6) is 4.94. The molecule has 1 amide bonds. The Balaban J connectivity index is 1.90. The van der Waals surface area contributed by atoms with Crippen molar-refractivity contribution in [2.75, 3.05) is 6.54 Å². The monoisotopic (exact) mass is 483 g/mol. The highest BCUT2D eigenvalue weighted by molar-refractivity contribution is 6.29. The van der Waals surface area contributed by atoms with Gasteiger partial charge in [0, 0.05) is 6.54 Å². The van der Waals surface area contributed by atoms with Crippen LogP contribution >= 0.6 is 11.6 Å². The number of hydrogen-bond acceptors (Lipinski definition) is 2. The minimum Gasteiger partial charge on any atom is -0.350 e. The summed E-state index contributed by atoms with van der Waals surface area (Å²) in [6.45, 7) is 3.06. The lowest BCUT2D eigenvalue weighted by Gasteiger charge is -2.22. The maximum Gasteiger partial charge on any atom is 0.416 e. The van der Waals surface area contributed by atoms with Crippen LogP contribution in [0.1, 0.15) is 73.3 Å². The normalized spacial score (nSPS) is 15.1. The van der Waals surface area contributed by atoms with E-state index >= 15 is 0 Å². The van der Waals surface area contributed by atoms with Crippen LogP contribution in [0, 0.1) is 17.8 Å². The fraction of sp³-hybridized carbons (Fsp3) is 0.500. The molecular formula is C24H26ClF4N3O. The fourth-order valence-corrected chi connectivity index (χ4v) is 4.02. The third-order valence-electron chi connectivity index (χ3n) is 5.51. The largest absolute Gasteiger partial charge is 0.416 e. The summed E-state index contributed by atoms with van der Waals surface area (Å²) in [7, 11) is 0. The number of nitrogens with zero attached hydrogens (tertiary/aromatic N) is 2. The number of carbonyl (C=O) groups excluding carboxylic acids is 1. The quantitative estimate of drug-likeness (QED) is 0.418. The number of nitrogens with one attached hydrogen (secondary N) is 1. The van der Waals surface area contributed by atoms with Gasteiger partial charge in [0.2, 0.25) is 5.28 Å². The SMILES string of the molecule is CC(C)(F)C#Cc1nc(Cl)n(Cc2ccc(C(F)(F)F)cc2)c1C(=O)NCC1CCCCC1. The van der Waals surface area contributed by atoms with E-state index in [-0.39, 0.29) is 23.2 Å². The molecule has 0 radical (unpaired) electrons. The number of rotatable bonds is 5. The van der Waals surface area contributed by atoms with Gasteiger partial charge >= 0.3 is 6.18 Å². The molecule has 1 aromatic carbocycles. The maximum atomic E-state index is 14.0. The second kappa shape index (κ2) is 10.2. The molecule has 0 saturated heterocycles. The molecule has 0 unspecified atom stereocenters. The van der Waals surface area contributed by atoms with Crippen LogP contribution in [0.25, 0.3) is 0 Å². The lowest BCUT2D eigenvalue weighted by atomic mass is 9.89. The van der Waals surface area contributed by atoms with Crippen molar-refractivity contribution in [3.63, 3.8) is 0 Å². The standard InChI is InChI=1S/C24H26ClF4N3O/c1-23(2,26)13-12-19-20(21(33)30-14-16-6-4-3-5-7-16)32(22(25)31-19)15-17-8-10-18(11-9-17)24(27,28)29/h8-11,16H,3-7,14-15H2,1-2H3,(H,30,33). The number of alkyl halides is 4. The number of hydrogen-bond donors (Lipinski definition) is 1. The predicted molar refractivity (Wildman–Crippen MR) is 119 cm³/mol. The molecule has 0 aliphatic heterocycles. The minimum atomic E-state index is -4.45. The Kier molecular flexibility index (Phi) is 7.73. The van der Waals surface area contributed by atoms with Gasteiger partial charge in [0.25, 0.3) is 5.91 Å². The summed E-state index contributed by atoms with van der Waals surface area (Å²) in [6, 6.07) is 4.57. The van der Waals surface area contributed by atoms with Gasteiger partial charge in [-0.2, -0.15) is 13.2 Å². The molecule has 1 saturated carbocycles. The van der Waals surface area contributed by atoms with Crippen LogP contribution in [0.5, 0.6) is 0 Å². The van der Waals surface area contributed by atoms with E-state index in [0.29, 0.717) is 18.0 Å². The molecular weight excluding hydrogens is 458 g/mol. The molecule has 1 heterocycles. The molecule has 0 atom stereocenters. The molecule has 0 spiro atoms. The van der Waals surface area contributed by atoms with Crippen molar-refractivity contribution in [3.8, 4) is 11.8 Å². The van der Waals surface area contributed by atoms with Gasteiger partial charge in [0.05, 0.1) is 12.1 Å². The van der Waals surface area contributed by atoms with Crippen LogP contribution in [0.15, 0.2) is 24.3 Å². The molecule has 1 aliphatic rings. The van der Waals surface area contributed by atoms with Crippen molar-refractivity contribution < 1.29 is 22.4 Å². The second-order valence-electron chi connectivity index (χ2n) is 8.80. The van der Waals surface area contributed by atoms with E-state index in [1.807, 2.05) is 0 Å². The van der Waals surface area contributed by atoms with Crippen LogP contribution in [0.3, 0.4) is 0 Å². The molecule has 0 bridgehead atoms. The van der Waals surface area contributed by atoms with Crippen LogP contribution in [0.2, 0.25) is 5.28 Å². The summed E-state index contributed by atoms with van der Waals surface area (Å²) < 4.78 is 53.9. The van der Waals surface area contributed by atoms with Gasteiger partial charge in [-0.3, -0.25) is 4.79 Å². The highest BCUT2D eigenvalue weighted by atomic mass is 35.5. The summed E-state index contributed by atoms with van der Waals surface area (Å²) in [4.78, 5) is 17.2. The molecule has 1 aliphatic carbocycles. The number of carbonyl (C=O) groups is 1. The summed E-state index contributed by atoms with van der Waals surface area (Å²) in [5.41, 5.74) is -2.00. The third-order valence-corrected chi connectivity index (χ3v) is 5.80. The first kappa shape index (κ1) is 25.1. The Bertz CT molecular complexity index is 1040. The Labute approximate surface area is 195 Å². The first-order valence-corrected chi connectivity index (χ1v) is 11.2. The van der Waals surface area contributed by atoms with Gasteiger partial charge < -0.3 is 9.88 Å². The summed E-state index contributed by atoms with van der Waals surface area (Å²) in [6.07, 6.45) is 1.07. The van der Waals surface area contributed by atoms with Gasteiger partial charge in [-0.1, -0.05) is 37.3 Å². The van der Waals surface area contributed by atoms with Crippen molar-refractivity contribution >= 4 is 17.5 Å². The number of imidazole rings is 1. The highest BCUT2D eigenvalue weighted by Gasteiger charge is 2.30. The number of halogens is 5. The Morgan fingerprint density at radius 1 is 1.15 bits per heavy atom. The molecule has 9 heteroatoms. The molecule has 2 aromatic rings. The first-order chi connectivity index (χ1) is 15.4. The molecule has 3 rings (SSSR count). The lowest BCUT2D eigenvalue weighted by molar-refractivity contribution is -0.137. The van der Waals surface area contributed by atoms with Gasteiger partial charge in [0.15, 0.2) is 5.67 Å². The number of benzene rings is 1. The minimum absolute atomic E-state index is 0.0108. The average molecular weight is 484 g/mol. The Morgan fingerprint density at radius 2 is 1.79 bits per heavy atom. The van der Waals surface area contributed by atoms with Crippen molar-refractivity contribution in [2.45, 2.75) is 64.3 Å². The van der Waals surface area contributed by atoms with Crippen molar-refractivity contribution in [1.82, 2.24) is 14.9 Å². The topological polar surface area (TPSA) is 46.9 Å². The lowest BCUT2D eigenvalue weighted by Crippen LogP contribution is -2.32. The van der Waals surface area contributed by atoms with E-state index in [4.69, 9.17) is 11.6 Å². The third kappa shape index (κ3) is 6.97. The summed E-state index contributed by atoms with van der Waals surface area (Å²) in [5, 5.41) is 2.85. The maximum absolute atomic E-state index is 14.0. The zero-order valence-electron chi connectivity index (χ0n) is 18.5. The van der Waals surface area contributed by atoms with E-state index in [1.54, 1.807) is 0 Å². The average Bonchev–Trinajstić information content (AvgIpc) is 3.06. The zero-order chi connectivity index (χ0) is 24.2. The van der Waals surface area contributed by atoms with Gasteiger partial charge in [-0.25, -0.2) is 9.37 Å². The first-order valence-electron chi connectivity index (χ1n) is 10.9. The molecule has 4 nitrogen and oxygen atoms in total. The van der Waals surface area contributed by atoms with E-state index in [1.165, 1.54) is 37.0 Å².